The molecule has 4 heterocycles. The molecule has 0 aliphatic carbocycles. The minimum absolute atomic E-state index is 0.318. The SMILES string of the molecule is COc1cccc(-c2ccc3nc([C@@H]4CCCN(Cc5cccc(C)n5)C4)nn3c2)c1OC. The number of likely N-dealkylation sites (tertiary alicyclic amines) is 1. The van der Waals surface area contributed by atoms with Crippen molar-refractivity contribution >= 4 is 5.65 Å². The van der Waals surface area contributed by atoms with Gasteiger partial charge in [-0.15, -0.1) is 0 Å². The van der Waals surface area contributed by atoms with Crippen LogP contribution in [0.5, 0.6) is 11.5 Å². The monoisotopic (exact) mass is 443 g/mol. The Labute approximate surface area is 194 Å². The normalized spacial score (nSPS) is 16.8. The highest BCUT2D eigenvalue weighted by atomic mass is 16.5. The van der Waals surface area contributed by atoms with E-state index in [0.29, 0.717) is 17.4 Å². The Bertz CT molecular complexity index is 1270. The molecule has 7 heteroatoms. The van der Waals surface area contributed by atoms with Crippen LogP contribution in [0.15, 0.2) is 54.7 Å². The number of hydrogen-bond donors (Lipinski definition) is 0. The maximum atomic E-state index is 5.62. The summed E-state index contributed by atoms with van der Waals surface area (Å²) in [4.78, 5) is 12.0. The summed E-state index contributed by atoms with van der Waals surface area (Å²) < 4.78 is 13.0. The molecule has 0 spiro atoms. The lowest BCUT2D eigenvalue weighted by Gasteiger charge is -2.31. The van der Waals surface area contributed by atoms with Gasteiger partial charge in [0.05, 0.1) is 19.9 Å². The first-order valence-corrected chi connectivity index (χ1v) is 11.4. The molecule has 0 radical (unpaired) electrons. The molecule has 33 heavy (non-hydrogen) atoms. The van der Waals surface area contributed by atoms with Crippen molar-refractivity contribution < 1.29 is 9.47 Å². The lowest BCUT2D eigenvalue weighted by atomic mass is 9.97. The van der Waals surface area contributed by atoms with E-state index in [0.717, 1.165) is 66.5 Å². The number of rotatable bonds is 6. The maximum Gasteiger partial charge on any atom is 0.168 e. The molecule has 1 aromatic carbocycles. The fourth-order valence-electron chi connectivity index (χ4n) is 4.67. The Morgan fingerprint density at radius 2 is 1.88 bits per heavy atom. The largest absolute Gasteiger partial charge is 0.493 e. The third-order valence-corrected chi connectivity index (χ3v) is 6.26. The maximum absolute atomic E-state index is 5.62. The standard InChI is InChI=1S/C26H29N5O2/c1-18-7-4-9-21(27-18)17-30-14-6-8-20(15-30)26-28-24-13-12-19(16-31(24)29-26)22-10-5-11-23(32-2)25(22)33-3/h4-5,7,9-13,16,20H,6,8,14-15,17H2,1-3H3/t20-/m1/s1. The van der Waals surface area contributed by atoms with Crippen molar-refractivity contribution in [3.05, 3.63) is 71.9 Å². The zero-order chi connectivity index (χ0) is 22.8. The average Bonchev–Trinajstić information content (AvgIpc) is 3.27. The summed E-state index contributed by atoms with van der Waals surface area (Å²) >= 11 is 0. The van der Waals surface area contributed by atoms with Gasteiger partial charge in [0.2, 0.25) is 0 Å². The number of ether oxygens (including phenoxy) is 2. The molecule has 1 saturated heterocycles. The van der Waals surface area contributed by atoms with Gasteiger partial charge in [-0.3, -0.25) is 9.88 Å². The van der Waals surface area contributed by atoms with Gasteiger partial charge in [-0.1, -0.05) is 18.2 Å². The number of hydrogen-bond acceptors (Lipinski definition) is 6. The van der Waals surface area contributed by atoms with Crippen LogP contribution in [0.2, 0.25) is 0 Å². The lowest BCUT2D eigenvalue weighted by Crippen LogP contribution is -2.34. The number of nitrogens with zero attached hydrogens (tertiary/aromatic N) is 5. The van der Waals surface area contributed by atoms with Gasteiger partial charge in [0.1, 0.15) is 0 Å². The molecule has 3 aromatic heterocycles. The van der Waals surface area contributed by atoms with Crippen LogP contribution in [0.3, 0.4) is 0 Å². The van der Waals surface area contributed by atoms with Gasteiger partial charge < -0.3 is 9.47 Å². The Balaban J connectivity index is 1.39. The van der Waals surface area contributed by atoms with Crippen LogP contribution < -0.4 is 9.47 Å². The number of methoxy groups -OCH3 is 2. The molecule has 1 aliphatic rings. The van der Waals surface area contributed by atoms with Crippen molar-refractivity contribution in [2.75, 3.05) is 27.3 Å². The van der Waals surface area contributed by atoms with Gasteiger partial charge in [0.15, 0.2) is 23.0 Å². The van der Waals surface area contributed by atoms with E-state index in [2.05, 4.69) is 28.1 Å². The second kappa shape index (κ2) is 9.19. The number of para-hydroxylation sites is 1. The second-order valence-corrected chi connectivity index (χ2v) is 8.58. The van der Waals surface area contributed by atoms with Gasteiger partial charge in [0.25, 0.3) is 0 Å². The highest BCUT2D eigenvalue weighted by Crippen LogP contribution is 2.37. The van der Waals surface area contributed by atoms with E-state index in [1.54, 1.807) is 14.2 Å². The lowest BCUT2D eigenvalue weighted by molar-refractivity contribution is 0.194. The van der Waals surface area contributed by atoms with E-state index in [9.17, 15) is 0 Å². The minimum atomic E-state index is 0.318. The number of fused-ring (bicyclic) bond motifs is 1. The molecule has 1 aliphatic heterocycles. The van der Waals surface area contributed by atoms with Crippen LogP contribution in [-0.4, -0.2) is 51.8 Å². The van der Waals surface area contributed by atoms with Crippen molar-refractivity contribution in [1.29, 1.82) is 0 Å². The van der Waals surface area contributed by atoms with Gasteiger partial charge >= 0.3 is 0 Å². The van der Waals surface area contributed by atoms with E-state index >= 15 is 0 Å². The molecule has 5 rings (SSSR count). The third-order valence-electron chi connectivity index (χ3n) is 6.26. The van der Waals surface area contributed by atoms with Gasteiger partial charge in [-0.05, 0) is 56.6 Å². The third kappa shape index (κ3) is 4.41. The van der Waals surface area contributed by atoms with Crippen LogP contribution in [0.1, 0.15) is 36.0 Å². The van der Waals surface area contributed by atoms with Crippen LogP contribution in [0, 0.1) is 6.92 Å². The van der Waals surface area contributed by atoms with Gasteiger partial charge in [0, 0.05) is 42.0 Å². The van der Waals surface area contributed by atoms with E-state index in [1.807, 2.05) is 48.0 Å². The molecule has 0 saturated carbocycles. The molecule has 4 aromatic rings. The summed E-state index contributed by atoms with van der Waals surface area (Å²) in [5.41, 5.74) is 5.01. The molecule has 0 N–H and O–H groups in total. The predicted octanol–water partition coefficient (Wildman–Crippen LogP) is 4.50. The Morgan fingerprint density at radius 3 is 2.70 bits per heavy atom. The zero-order valence-electron chi connectivity index (χ0n) is 19.4. The summed E-state index contributed by atoms with van der Waals surface area (Å²) in [6.07, 6.45) is 4.25. The Morgan fingerprint density at radius 1 is 1.00 bits per heavy atom. The van der Waals surface area contributed by atoms with Crippen LogP contribution in [0.4, 0.5) is 0 Å². The van der Waals surface area contributed by atoms with Crippen LogP contribution in [0.25, 0.3) is 16.8 Å². The second-order valence-electron chi connectivity index (χ2n) is 8.58. The topological polar surface area (TPSA) is 64.8 Å². The smallest absolute Gasteiger partial charge is 0.168 e. The number of pyridine rings is 2. The van der Waals surface area contributed by atoms with E-state index in [-0.39, 0.29) is 0 Å². The van der Waals surface area contributed by atoms with E-state index in [1.165, 1.54) is 0 Å². The summed E-state index contributed by atoms with van der Waals surface area (Å²) in [6.45, 7) is 4.94. The molecule has 1 fully saturated rings. The van der Waals surface area contributed by atoms with Crippen LogP contribution >= 0.6 is 0 Å². The average molecular weight is 444 g/mol. The quantitative estimate of drug-likeness (QED) is 0.437. The molecule has 7 nitrogen and oxygen atoms in total. The van der Waals surface area contributed by atoms with Crippen molar-refractivity contribution in [3.63, 3.8) is 0 Å². The Hall–Kier alpha value is -3.45. The first kappa shape index (κ1) is 21.4. The summed E-state index contributed by atoms with van der Waals surface area (Å²) in [5, 5.41) is 4.87. The van der Waals surface area contributed by atoms with Crippen molar-refractivity contribution in [3.8, 4) is 22.6 Å². The molecular weight excluding hydrogens is 414 g/mol. The summed E-state index contributed by atoms with van der Waals surface area (Å²) in [5.74, 6) is 2.65. The summed E-state index contributed by atoms with van der Waals surface area (Å²) in [7, 11) is 3.31. The number of aryl methyl sites for hydroxylation is 1. The molecule has 0 amide bonds. The fraction of sp³-hybridized carbons (Fsp3) is 0.346. The summed E-state index contributed by atoms with van der Waals surface area (Å²) in [6, 6.07) is 16.2. The highest BCUT2D eigenvalue weighted by molar-refractivity contribution is 5.74. The van der Waals surface area contributed by atoms with Crippen LogP contribution in [-0.2, 0) is 6.54 Å². The van der Waals surface area contributed by atoms with Gasteiger partial charge in [-0.25, -0.2) is 9.50 Å². The number of benzene rings is 1. The molecular formula is C26H29N5O2. The first-order chi connectivity index (χ1) is 16.1. The highest BCUT2D eigenvalue weighted by Gasteiger charge is 2.25. The fourth-order valence-corrected chi connectivity index (χ4v) is 4.67. The molecule has 0 bridgehead atoms. The van der Waals surface area contributed by atoms with Gasteiger partial charge in [-0.2, -0.15) is 5.10 Å². The molecule has 1 atom stereocenters. The minimum Gasteiger partial charge on any atom is -0.493 e. The van der Waals surface area contributed by atoms with Crippen molar-refractivity contribution in [2.24, 2.45) is 0 Å². The Kier molecular flexibility index (Phi) is 5.96. The van der Waals surface area contributed by atoms with Crippen molar-refractivity contribution in [2.45, 2.75) is 32.2 Å². The van der Waals surface area contributed by atoms with E-state index < -0.39 is 0 Å². The zero-order valence-corrected chi connectivity index (χ0v) is 19.4. The predicted molar refractivity (Wildman–Crippen MR) is 128 cm³/mol. The van der Waals surface area contributed by atoms with E-state index in [4.69, 9.17) is 19.6 Å². The number of piperidine rings is 1. The molecule has 0 unspecified atom stereocenters. The first-order valence-electron chi connectivity index (χ1n) is 11.4. The van der Waals surface area contributed by atoms with Crippen molar-refractivity contribution in [1.82, 2.24) is 24.5 Å². The molecule has 170 valence electrons. The number of aromatic nitrogens is 4.